The van der Waals surface area contributed by atoms with Crippen LogP contribution < -0.4 is 20.1 Å². The molecule has 0 aromatic heterocycles. The van der Waals surface area contributed by atoms with Crippen molar-refractivity contribution in [1.29, 1.82) is 0 Å². The molecule has 1 aromatic rings. The van der Waals surface area contributed by atoms with Crippen LogP contribution in [-0.4, -0.2) is 44.1 Å². The largest absolute Gasteiger partial charge is 0.493 e. The predicted octanol–water partition coefficient (Wildman–Crippen LogP) is 1.56. The second-order valence-corrected chi connectivity index (χ2v) is 5.73. The number of para-hydroxylation sites is 1. The number of benzene rings is 1. The van der Waals surface area contributed by atoms with Crippen molar-refractivity contribution in [2.75, 3.05) is 27.3 Å². The Bertz CT molecular complexity index is 714. The average Bonchev–Trinajstić information content (AvgIpc) is 2.89. The molecule has 3 rings (SSSR count). The number of hydrogen-bond donors (Lipinski definition) is 2. The fraction of sp³-hybridized carbons (Fsp3) is 0.412. The summed E-state index contributed by atoms with van der Waals surface area (Å²) in [4.78, 5) is 26.6. The highest BCUT2D eigenvalue weighted by molar-refractivity contribution is 6.01. The highest BCUT2D eigenvalue weighted by Crippen LogP contribution is 2.40. The molecule has 0 fully saturated rings. The molecule has 3 amide bonds. The van der Waals surface area contributed by atoms with E-state index >= 15 is 0 Å². The molecule has 0 bridgehead atoms. The number of nitrogens with one attached hydrogen (secondary N) is 2. The highest BCUT2D eigenvalue weighted by atomic mass is 16.5. The zero-order valence-electron chi connectivity index (χ0n) is 14.0. The van der Waals surface area contributed by atoms with Crippen LogP contribution in [0.15, 0.2) is 29.5 Å². The summed E-state index contributed by atoms with van der Waals surface area (Å²) in [7, 11) is 3.09. The molecule has 7 heteroatoms. The van der Waals surface area contributed by atoms with Gasteiger partial charge >= 0.3 is 6.03 Å². The minimum atomic E-state index is -0.562. The Morgan fingerprint density at radius 2 is 2.04 bits per heavy atom. The van der Waals surface area contributed by atoms with E-state index in [-0.39, 0.29) is 11.9 Å². The van der Waals surface area contributed by atoms with Gasteiger partial charge in [0.1, 0.15) is 0 Å². The number of nitrogens with zero attached hydrogens (tertiary/aromatic N) is 1. The van der Waals surface area contributed by atoms with Crippen LogP contribution in [0.1, 0.15) is 24.9 Å². The van der Waals surface area contributed by atoms with Crippen molar-refractivity contribution >= 4 is 11.9 Å². The summed E-state index contributed by atoms with van der Waals surface area (Å²) in [6.45, 7) is 3.10. The normalized spacial score (nSPS) is 19.8. The molecule has 1 atom stereocenters. The smallest absolute Gasteiger partial charge is 0.319 e. The van der Waals surface area contributed by atoms with Crippen molar-refractivity contribution in [3.8, 4) is 11.5 Å². The molecule has 2 heterocycles. The molecule has 1 unspecified atom stereocenters. The predicted molar refractivity (Wildman–Crippen MR) is 87.9 cm³/mol. The Morgan fingerprint density at radius 3 is 2.71 bits per heavy atom. The monoisotopic (exact) mass is 331 g/mol. The molecule has 24 heavy (non-hydrogen) atoms. The van der Waals surface area contributed by atoms with Crippen LogP contribution in [0.5, 0.6) is 11.5 Å². The third-order valence-electron chi connectivity index (χ3n) is 4.26. The second-order valence-electron chi connectivity index (χ2n) is 5.73. The van der Waals surface area contributed by atoms with Crippen LogP contribution in [0.4, 0.5) is 4.79 Å². The fourth-order valence-electron chi connectivity index (χ4n) is 3.25. The van der Waals surface area contributed by atoms with E-state index in [4.69, 9.17) is 9.47 Å². The maximum atomic E-state index is 12.8. The van der Waals surface area contributed by atoms with E-state index in [9.17, 15) is 9.59 Å². The number of hydrogen-bond acceptors (Lipinski definition) is 4. The Balaban J connectivity index is 2.06. The maximum Gasteiger partial charge on any atom is 0.319 e. The Labute approximate surface area is 140 Å². The molecule has 0 spiro atoms. The lowest BCUT2D eigenvalue weighted by molar-refractivity contribution is -0.125. The zero-order valence-corrected chi connectivity index (χ0v) is 14.0. The van der Waals surface area contributed by atoms with Crippen LogP contribution in [0.3, 0.4) is 0 Å². The average molecular weight is 331 g/mol. The van der Waals surface area contributed by atoms with E-state index in [1.54, 1.807) is 25.2 Å². The number of urea groups is 1. The van der Waals surface area contributed by atoms with Gasteiger partial charge in [0, 0.05) is 12.1 Å². The van der Waals surface area contributed by atoms with Crippen LogP contribution in [0, 0.1) is 0 Å². The number of methoxy groups -OCH3 is 2. The summed E-state index contributed by atoms with van der Waals surface area (Å²) in [5.74, 6) is 1.01. The lowest BCUT2D eigenvalue weighted by Crippen LogP contribution is -2.44. The van der Waals surface area contributed by atoms with Crippen LogP contribution >= 0.6 is 0 Å². The van der Waals surface area contributed by atoms with Gasteiger partial charge in [-0.15, -0.1) is 0 Å². The summed E-state index contributed by atoms with van der Waals surface area (Å²) in [5, 5.41) is 5.59. The minimum Gasteiger partial charge on any atom is -0.493 e. The highest BCUT2D eigenvalue weighted by Gasteiger charge is 2.41. The van der Waals surface area contributed by atoms with Crippen molar-refractivity contribution in [2.45, 2.75) is 19.4 Å². The molecule has 2 N–H and O–H groups in total. The first-order valence-corrected chi connectivity index (χ1v) is 7.91. The van der Waals surface area contributed by atoms with Gasteiger partial charge in [0.2, 0.25) is 0 Å². The van der Waals surface area contributed by atoms with Gasteiger partial charge < -0.3 is 25.0 Å². The third-order valence-corrected chi connectivity index (χ3v) is 4.26. The molecule has 0 radical (unpaired) electrons. The standard InChI is InChI=1S/C17H21N3O4/c1-4-8-20-9-11-13(16(20)21)14(19-17(22)18-11)10-6-5-7-12(23-2)15(10)24-3/h5-7,14H,4,8-9H2,1-3H3,(H2,18,19,22). The molecule has 2 aliphatic heterocycles. The van der Waals surface area contributed by atoms with E-state index < -0.39 is 6.04 Å². The molecular weight excluding hydrogens is 310 g/mol. The van der Waals surface area contributed by atoms with Crippen molar-refractivity contribution in [1.82, 2.24) is 15.5 Å². The lowest BCUT2D eigenvalue weighted by atomic mass is 9.95. The first kappa shape index (κ1) is 16.2. The van der Waals surface area contributed by atoms with Gasteiger partial charge in [-0.25, -0.2) is 4.79 Å². The number of amides is 3. The van der Waals surface area contributed by atoms with E-state index in [2.05, 4.69) is 10.6 Å². The number of carbonyl (C=O) groups is 2. The Morgan fingerprint density at radius 1 is 1.25 bits per heavy atom. The molecule has 0 saturated heterocycles. The summed E-state index contributed by atoms with van der Waals surface area (Å²) >= 11 is 0. The zero-order chi connectivity index (χ0) is 17.3. The maximum absolute atomic E-state index is 12.8. The van der Waals surface area contributed by atoms with Gasteiger partial charge in [-0.05, 0) is 12.5 Å². The van der Waals surface area contributed by atoms with E-state index in [1.807, 2.05) is 19.1 Å². The molecule has 128 valence electrons. The van der Waals surface area contributed by atoms with E-state index in [0.717, 1.165) is 6.42 Å². The first-order chi connectivity index (χ1) is 11.6. The van der Waals surface area contributed by atoms with Crippen LogP contribution in [0.25, 0.3) is 0 Å². The van der Waals surface area contributed by atoms with Crippen molar-refractivity contribution in [3.05, 3.63) is 35.0 Å². The van der Waals surface area contributed by atoms with E-state index in [1.165, 1.54) is 0 Å². The SMILES string of the molecule is CCCN1CC2=C(C1=O)C(c1cccc(OC)c1OC)NC(=O)N2. The molecule has 2 aliphatic rings. The lowest BCUT2D eigenvalue weighted by Gasteiger charge is -2.27. The van der Waals surface area contributed by atoms with Crippen LogP contribution in [0.2, 0.25) is 0 Å². The van der Waals surface area contributed by atoms with E-state index in [0.29, 0.717) is 41.4 Å². The minimum absolute atomic E-state index is 0.0609. The fourth-order valence-corrected chi connectivity index (χ4v) is 3.25. The van der Waals surface area contributed by atoms with Gasteiger partial charge in [-0.1, -0.05) is 19.1 Å². The van der Waals surface area contributed by atoms with Gasteiger partial charge in [-0.2, -0.15) is 0 Å². The molecule has 0 aliphatic carbocycles. The summed E-state index contributed by atoms with van der Waals surface area (Å²) < 4.78 is 10.8. The van der Waals surface area contributed by atoms with Crippen LogP contribution in [-0.2, 0) is 4.79 Å². The van der Waals surface area contributed by atoms with Gasteiger partial charge in [-0.3, -0.25) is 4.79 Å². The second kappa shape index (κ2) is 6.43. The summed E-state index contributed by atoms with van der Waals surface area (Å²) in [5.41, 5.74) is 1.92. The topological polar surface area (TPSA) is 79.9 Å². The first-order valence-electron chi connectivity index (χ1n) is 7.91. The Hall–Kier alpha value is -2.70. The third kappa shape index (κ3) is 2.55. The molecular formula is C17H21N3O4. The Kier molecular flexibility index (Phi) is 4.33. The van der Waals surface area contributed by atoms with Crippen molar-refractivity contribution in [2.24, 2.45) is 0 Å². The van der Waals surface area contributed by atoms with Gasteiger partial charge in [0.25, 0.3) is 5.91 Å². The summed E-state index contributed by atoms with van der Waals surface area (Å²) in [6.07, 6.45) is 0.862. The van der Waals surface area contributed by atoms with Gasteiger partial charge in [0.15, 0.2) is 11.5 Å². The molecule has 1 aromatic carbocycles. The number of carbonyl (C=O) groups excluding carboxylic acids is 2. The van der Waals surface area contributed by atoms with Gasteiger partial charge in [0.05, 0.1) is 38.1 Å². The molecule has 7 nitrogen and oxygen atoms in total. The summed E-state index contributed by atoms with van der Waals surface area (Å²) in [6, 6.07) is 4.54. The quantitative estimate of drug-likeness (QED) is 0.858. The molecule has 0 saturated carbocycles. The number of ether oxygens (including phenoxy) is 2. The number of rotatable bonds is 5. The van der Waals surface area contributed by atoms with Crippen molar-refractivity contribution < 1.29 is 19.1 Å². The van der Waals surface area contributed by atoms with Crippen molar-refractivity contribution in [3.63, 3.8) is 0 Å².